The second-order valence-electron chi connectivity index (χ2n) is 3.96. The lowest BCUT2D eigenvalue weighted by atomic mass is 10.2. The quantitative estimate of drug-likeness (QED) is 0.750. The van der Waals surface area contributed by atoms with E-state index in [1.54, 1.807) is 31.4 Å². The molecule has 17 heavy (non-hydrogen) atoms. The van der Waals surface area contributed by atoms with Crippen LogP contribution >= 0.6 is 0 Å². The van der Waals surface area contributed by atoms with Crippen LogP contribution < -0.4 is 4.74 Å². The van der Waals surface area contributed by atoms with E-state index >= 15 is 0 Å². The third kappa shape index (κ3) is 3.20. The van der Waals surface area contributed by atoms with Gasteiger partial charge in [-0.25, -0.2) is 4.79 Å². The second-order valence-corrected chi connectivity index (χ2v) is 3.96. The lowest BCUT2D eigenvalue weighted by molar-refractivity contribution is 0.0161. The van der Waals surface area contributed by atoms with Crippen molar-refractivity contribution in [1.82, 2.24) is 0 Å². The fraction of sp³-hybridized carbons (Fsp3) is 0.462. The van der Waals surface area contributed by atoms with Gasteiger partial charge < -0.3 is 14.2 Å². The minimum Gasteiger partial charge on any atom is -0.497 e. The van der Waals surface area contributed by atoms with E-state index in [0.717, 1.165) is 25.2 Å². The van der Waals surface area contributed by atoms with Crippen molar-refractivity contribution in [2.75, 3.05) is 20.3 Å². The van der Waals surface area contributed by atoms with Gasteiger partial charge in [0, 0.05) is 6.61 Å². The van der Waals surface area contributed by atoms with Gasteiger partial charge in [0.2, 0.25) is 0 Å². The summed E-state index contributed by atoms with van der Waals surface area (Å²) in [5, 5.41) is 0. The van der Waals surface area contributed by atoms with Gasteiger partial charge in [-0.2, -0.15) is 0 Å². The Kier molecular flexibility index (Phi) is 3.98. The zero-order chi connectivity index (χ0) is 12.1. The number of methoxy groups -OCH3 is 1. The normalized spacial score (nSPS) is 19.0. The molecule has 0 bridgehead atoms. The highest BCUT2D eigenvalue weighted by atomic mass is 16.6. The predicted octanol–water partition coefficient (Wildman–Crippen LogP) is 2.03. The largest absolute Gasteiger partial charge is 0.497 e. The van der Waals surface area contributed by atoms with Gasteiger partial charge >= 0.3 is 5.97 Å². The van der Waals surface area contributed by atoms with Crippen molar-refractivity contribution in [3.05, 3.63) is 29.8 Å². The van der Waals surface area contributed by atoms with Crippen LogP contribution in [0.25, 0.3) is 0 Å². The molecule has 0 aromatic heterocycles. The third-order valence-corrected chi connectivity index (χ3v) is 2.75. The molecule has 1 atom stereocenters. The number of ether oxygens (including phenoxy) is 3. The molecule has 1 saturated heterocycles. The van der Waals surface area contributed by atoms with E-state index < -0.39 is 0 Å². The molecule has 92 valence electrons. The molecule has 1 heterocycles. The Balaban J connectivity index is 1.85. The minimum absolute atomic E-state index is 0.0669. The van der Waals surface area contributed by atoms with Crippen molar-refractivity contribution in [1.29, 1.82) is 0 Å². The Morgan fingerprint density at radius 1 is 1.41 bits per heavy atom. The van der Waals surface area contributed by atoms with Crippen LogP contribution in [-0.4, -0.2) is 32.4 Å². The van der Waals surface area contributed by atoms with Crippen molar-refractivity contribution < 1.29 is 19.0 Å². The predicted molar refractivity (Wildman–Crippen MR) is 62.3 cm³/mol. The fourth-order valence-electron chi connectivity index (χ4n) is 1.75. The number of carbonyl (C=O) groups is 1. The van der Waals surface area contributed by atoms with Crippen molar-refractivity contribution in [3.8, 4) is 5.75 Å². The van der Waals surface area contributed by atoms with Crippen molar-refractivity contribution >= 4 is 5.97 Å². The summed E-state index contributed by atoms with van der Waals surface area (Å²) < 4.78 is 15.6. The first kappa shape index (κ1) is 11.9. The molecule has 2 rings (SSSR count). The van der Waals surface area contributed by atoms with Crippen LogP contribution in [0.15, 0.2) is 24.3 Å². The molecule has 0 N–H and O–H groups in total. The molecule has 1 fully saturated rings. The first-order valence-electron chi connectivity index (χ1n) is 5.72. The molecule has 4 heteroatoms. The van der Waals surface area contributed by atoms with Gasteiger partial charge in [0.05, 0.1) is 18.8 Å². The van der Waals surface area contributed by atoms with E-state index in [4.69, 9.17) is 14.2 Å². The maximum absolute atomic E-state index is 11.7. The van der Waals surface area contributed by atoms with Gasteiger partial charge in [0.25, 0.3) is 0 Å². The van der Waals surface area contributed by atoms with Crippen LogP contribution in [0.5, 0.6) is 5.75 Å². The number of esters is 1. The molecule has 0 saturated carbocycles. The van der Waals surface area contributed by atoms with E-state index in [1.807, 2.05) is 0 Å². The number of benzene rings is 1. The van der Waals surface area contributed by atoms with Crippen molar-refractivity contribution in [3.63, 3.8) is 0 Å². The van der Waals surface area contributed by atoms with Crippen LogP contribution in [0.3, 0.4) is 0 Å². The molecule has 1 aromatic rings. The first-order valence-corrected chi connectivity index (χ1v) is 5.72. The Bertz CT molecular complexity index is 366. The van der Waals surface area contributed by atoms with Gasteiger partial charge in [-0.3, -0.25) is 0 Å². The molecule has 0 spiro atoms. The van der Waals surface area contributed by atoms with E-state index in [2.05, 4.69) is 0 Å². The number of hydrogen-bond acceptors (Lipinski definition) is 4. The second kappa shape index (κ2) is 5.68. The van der Waals surface area contributed by atoms with Gasteiger partial charge in [0.1, 0.15) is 12.4 Å². The average Bonchev–Trinajstić information content (AvgIpc) is 2.89. The van der Waals surface area contributed by atoms with Crippen molar-refractivity contribution in [2.45, 2.75) is 18.9 Å². The molecule has 1 aliphatic heterocycles. The monoisotopic (exact) mass is 236 g/mol. The summed E-state index contributed by atoms with van der Waals surface area (Å²) in [7, 11) is 1.59. The lowest BCUT2D eigenvalue weighted by Gasteiger charge is -2.10. The topological polar surface area (TPSA) is 44.8 Å². The summed E-state index contributed by atoms with van der Waals surface area (Å²) in [6.07, 6.45) is 2.08. The molecule has 1 unspecified atom stereocenters. The van der Waals surface area contributed by atoms with E-state index in [0.29, 0.717) is 12.2 Å². The minimum atomic E-state index is -0.317. The highest BCUT2D eigenvalue weighted by Crippen LogP contribution is 2.15. The average molecular weight is 236 g/mol. The number of rotatable bonds is 4. The molecule has 4 nitrogen and oxygen atoms in total. The Morgan fingerprint density at radius 3 is 2.76 bits per heavy atom. The fourth-order valence-corrected chi connectivity index (χ4v) is 1.75. The van der Waals surface area contributed by atoms with Gasteiger partial charge in [0.15, 0.2) is 0 Å². The first-order chi connectivity index (χ1) is 8.29. The summed E-state index contributed by atoms with van der Waals surface area (Å²) >= 11 is 0. The van der Waals surface area contributed by atoms with Gasteiger partial charge in [-0.1, -0.05) is 0 Å². The van der Waals surface area contributed by atoms with Crippen LogP contribution in [0, 0.1) is 0 Å². The molecule has 0 amide bonds. The third-order valence-electron chi connectivity index (χ3n) is 2.75. The van der Waals surface area contributed by atoms with E-state index in [9.17, 15) is 4.79 Å². The van der Waals surface area contributed by atoms with E-state index in [1.165, 1.54) is 0 Å². The summed E-state index contributed by atoms with van der Waals surface area (Å²) in [6, 6.07) is 6.86. The van der Waals surface area contributed by atoms with Crippen LogP contribution in [-0.2, 0) is 9.47 Å². The maximum Gasteiger partial charge on any atom is 0.338 e. The maximum atomic E-state index is 11.7. The summed E-state index contributed by atoms with van der Waals surface area (Å²) in [5.74, 6) is 0.406. The molecular formula is C13H16O4. The SMILES string of the molecule is COc1ccc(C(=O)OCC2CCCO2)cc1. The highest BCUT2D eigenvalue weighted by molar-refractivity contribution is 5.89. The highest BCUT2D eigenvalue weighted by Gasteiger charge is 2.17. The van der Waals surface area contributed by atoms with E-state index in [-0.39, 0.29) is 12.1 Å². The Hall–Kier alpha value is -1.55. The summed E-state index contributed by atoms with van der Waals surface area (Å²) in [6.45, 7) is 1.11. The van der Waals surface area contributed by atoms with Crippen LogP contribution in [0.4, 0.5) is 0 Å². The van der Waals surface area contributed by atoms with Gasteiger partial charge in [-0.15, -0.1) is 0 Å². The summed E-state index contributed by atoms with van der Waals surface area (Å²) in [5.41, 5.74) is 0.531. The number of hydrogen-bond donors (Lipinski definition) is 0. The Labute approximate surface area is 100 Å². The molecule has 0 aliphatic carbocycles. The molecule has 0 radical (unpaired) electrons. The van der Waals surface area contributed by atoms with Gasteiger partial charge in [-0.05, 0) is 37.1 Å². The van der Waals surface area contributed by atoms with Crippen LogP contribution in [0.2, 0.25) is 0 Å². The zero-order valence-corrected chi connectivity index (χ0v) is 9.85. The molecule has 1 aromatic carbocycles. The Morgan fingerprint density at radius 2 is 2.18 bits per heavy atom. The molecular weight excluding hydrogens is 220 g/mol. The summed E-state index contributed by atoms with van der Waals surface area (Å²) in [4.78, 5) is 11.7. The number of carbonyl (C=O) groups excluding carboxylic acids is 1. The van der Waals surface area contributed by atoms with Crippen molar-refractivity contribution in [2.24, 2.45) is 0 Å². The smallest absolute Gasteiger partial charge is 0.338 e. The zero-order valence-electron chi connectivity index (χ0n) is 9.85. The lowest BCUT2D eigenvalue weighted by Crippen LogP contribution is -2.17. The standard InChI is InChI=1S/C13H16O4/c1-15-11-6-4-10(5-7-11)13(14)17-9-12-3-2-8-16-12/h4-7,12H,2-3,8-9H2,1H3. The molecule has 1 aliphatic rings. The van der Waals surface area contributed by atoms with Crippen LogP contribution in [0.1, 0.15) is 23.2 Å².